The SMILES string of the molecule is CO[C@H]1O[C@@H]2COC(c3ccccc3)O[C@H]2[C@H](O)[C@@H]1N(Cc1ccccc1)Cc1ccccc1. The molecule has 1 unspecified atom stereocenters. The van der Waals surface area contributed by atoms with Crippen LogP contribution in [-0.4, -0.2) is 54.4 Å². The molecule has 2 saturated heterocycles. The smallest absolute Gasteiger partial charge is 0.184 e. The summed E-state index contributed by atoms with van der Waals surface area (Å²) in [6.45, 7) is 1.60. The molecule has 6 heteroatoms. The number of methoxy groups -OCH3 is 1. The largest absolute Gasteiger partial charge is 0.388 e. The Bertz CT molecular complexity index is 977. The number of benzene rings is 3. The van der Waals surface area contributed by atoms with Crippen LogP contribution in [0.5, 0.6) is 0 Å². The van der Waals surface area contributed by atoms with Crippen molar-refractivity contribution >= 4 is 0 Å². The maximum atomic E-state index is 11.7. The fourth-order valence-corrected chi connectivity index (χ4v) is 4.84. The Labute approximate surface area is 200 Å². The first-order chi connectivity index (χ1) is 16.7. The van der Waals surface area contributed by atoms with Crippen molar-refractivity contribution in [3.63, 3.8) is 0 Å². The molecular formula is C28H31NO5. The number of ether oxygens (including phenoxy) is 4. The first-order valence-corrected chi connectivity index (χ1v) is 11.7. The summed E-state index contributed by atoms with van der Waals surface area (Å²) in [6.07, 6.45) is -2.94. The molecule has 2 aliphatic heterocycles. The van der Waals surface area contributed by atoms with Crippen LogP contribution in [0.4, 0.5) is 0 Å². The third kappa shape index (κ3) is 5.08. The van der Waals surface area contributed by atoms with Gasteiger partial charge in [-0.3, -0.25) is 4.90 Å². The van der Waals surface area contributed by atoms with Gasteiger partial charge in [0, 0.05) is 25.8 Å². The Morgan fingerprint density at radius 3 is 1.94 bits per heavy atom. The molecule has 0 spiro atoms. The molecule has 3 aromatic carbocycles. The number of hydrogen-bond donors (Lipinski definition) is 1. The zero-order chi connectivity index (χ0) is 23.3. The maximum absolute atomic E-state index is 11.7. The Hall–Kier alpha value is -2.58. The lowest BCUT2D eigenvalue weighted by atomic mass is 9.93. The van der Waals surface area contributed by atoms with Gasteiger partial charge in [0.1, 0.15) is 18.3 Å². The predicted molar refractivity (Wildman–Crippen MR) is 128 cm³/mol. The number of aliphatic hydroxyl groups is 1. The van der Waals surface area contributed by atoms with Crippen LogP contribution >= 0.6 is 0 Å². The normalized spacial score (nSPS) is 29.0. The van der Waals surface area contributed by atoms with Gasteiger partial charge >= 0.3 is 0 Å². The minimum Gasteiger partial charge on any atom is -0.388 e. The van der Waals surface area contributed by atoms with E-state index >= 15 is 0 Å². The minimum atomic E-state index is -0.828. The van der Waals surface area contributed by atoms with Crippen molar-refractivity contribution in [2.45, 2.75) is 50.0 Å². The molecule has 0 radical (unpaired) electrons. The molecule has 5 rings (SSSR count). The van der Waals surface area contributed by atoms with Gasteiger partial charge in [-0.05, 0) is 11.1 Å². The lowest BCUT2D eigenvalue weighted by molar-refractivity contribution is -0.351. The van der Waals surface area contributed by atoms with E-state index in [1.165, 1.54) is 0 Å². The van der Waals surface area contributed by atoms with E-state index < -0.39 is 36.9 Å². The average molecular weight is 462 g/mol. The van der Waals surface area contributed by atoms with Crippen molar-refractivity contribution in [3.8, 4) is 0 Å². The molecule has 2 aliphatic rings. The summed E-state index contributed by atoms with van der Waals surface area (Å²) >= 11 is 0. The van der Waals surface area contributed by atoms with Crippen LogP contribution in [0.1, 0.15) is 23.0 Å². The molecular weight excluding hydrogens is 430 g/mol. The first-order valence-electron chi connectivity index (χ1n) is 11.7. The molecule has 2 fully saturated rings. The van der Waals surface area contributed by atoms with E-state index in [-0.39, 0.29) is 0 Å². The van der Waals surface area contributed by atoms with Crippen molar-refractivity contribution in [2.24, 2.45) is 0 Å². The molecule has 6 atom stereocenters. The van der Waals surface area contributed by atoms with Gasteiger partial charge in [-0.15, -0.1) is 0 Å². The summed E-state index contributed by atoms with van der Waals surface area (Å²) in [7, 11) is 1.62. The molecule has 0 saturated carbocycles. The molecule has 1 N–H and O–H groups in total. The number of fused-ring (bicyclic) bond motifs is 1. The second kappa shape index (κ2) is 10.8. The van der Waals surface area contributed by atoms with Crippen LogP contribution in [-0.2, 0) is 32.0 Å². The van der Waals surface area contributed by atoms with E-state index in [0.717, 1.165) is 16.7 Å². The van der Waals surface area contributed by atoms with Gasteiger partial charge in [0.05, 0.1) is 12.6 Å². The summed E-state index contributed by atoms with van der Waals surface area (Å²) in [6, 6.07) is 29.9. The van der Waals surface area contributed by atoms with Gasteiger partial charge in [0.25, 0.3) is 0 Å². The van der Waals surface area contributed by atoms with Gasteiger partial charge in [-0.1, -0.05) is 91.0 Å². The average Bonchev–Trinajstić information content (AvgIpc) is 2.90. The molecule has 2 heterocycles. The molecule has 0 aliphatic carbocycles. The van der Waals surface area contributed by atoms with Crippen molar-refractivity contribution in [1.29, 1.82) is 0 Å². The van der Waals surface area contributed by atoms with E-state index in [1.54, 1.807) is 7.11 Å². The van der Waals surface area contributed by atoms with Gasteiger partial charge < -0.3 is 24.1 Å². The summed E-state index contributed by atoms with van der Waals surface area (Å²) in [5.41, 5.74) is 3.22. The molecule has 0 bridgehead atoms. The Kier molecular flexibility index (Phi) is 7.35. The lowest BCUT2D eigenvalue weighted by Crippen LogP contribution is -2.66. The second-order valence-electron chi connectivity index (χ2n) is 8.81. The zero-order valence-corrected chi connectivity index (χ0v) is 19.3. The van der Waals surface area contributed by atoms with Gasteiger partial charge in [0.2, 0.25) is 0 Å². The Morgan fingerprint density at radius 2 is 1.38 bits per heavy atom. The van der Waals surface area contributed by atoms with Crippen LogP contribution in [0.2, 0.25) is 0 Å². The predicted octanol–water partition coefficient (Wildman–Crippen LogP) is 3.90. The Morgan fingerprint density at radius 1 is 0.824 bits per heavy atom. The molecule has 178 valence electrons. The lowest BCUT2D eigenvalue weighted by Gasteiger charge is -2.50. The van der Waals surface area contributed by atoms with Crippen LogP contribution in [0.15, 0.2) is 91.0 Å². The number of hydrogen-bond acceptors (Lipinski definition) is 6. The molecule has 0 amide bonds. The number of aliphatic hydroxyl groups excluding tert-OH is 1. The van der Waals surface area contributed by atoms with Gasteiger partial charge in [0.15, 0.2) is 12.6 Å². The third-order valence-electron chi connectivity index (χ3n) is 6.52. The van der Waals surface area contributed by atoms with Crippen molar-refractivity contribution in [1.82, 2.24) is 4.90 Å². The summed E-state index contributed by atoms with van der Waals surface area (Å²) < 4.78 is 24.3. The Balaban J connectivity index is 1.42. The van der Waals surface area contributed by atoms with E-state index in [4.69, 9.17) is 18.9 Å². The molecule has 3 aromatic rings. The zero-order valence-electron chi connectivity index (χ0n) is 19.3. The van der Waals surface area contributed by atoms with Crippen molar-refractivity contribution in [3.05, 3.63) is 108 Å². The number of rotatable bonds is 7. The van der Waals surface area contributed by atoms with E-state index in [1.807, 2.05) is 66.7 Å². The third-order valence-corrected chi connectivity index (χ3v) is 6.52. The van der Waals surface area contributed by atoms with Crippen LogP contribution in [0, 0.1) is 0 Å². The quantitative estimate of drug-likeness (QED) is 0.576. The summed E-state index contributed by atoms with van der Waals surface area (Å²) in [4.78, 5) is 2.22. The van der Waals surface area contributed by atoms with Gasteiger partial charge in [-0.25, -0.2) is 0 Å². The minimum absolute atomic E-state index is 0.325. The van der Waals surface area contributed by atoms with Crippen LogP contribution in [0.25, 0.3) is 0 Å². The fraction of sp³-hybridized carbons (Fsp3) is 0.357. The van der Waals surface area contributed by atoms with Crippen LogP contribution in [0.3, 0.4) is 0 Å². The van der Waals surface area contributed by atoms with Crippen molar-refractivity contribution in [2.75, 3.05) is 13.7 Å². The highest BCUT2D eigenvalue weighted by molar-refractivity contribution is 5.19. The molecule has 0 aromatic heterocycles. The molecule has 6 nitrogen and oxygen atoms in total. The standard InChI is InChI=1S/C28H31NO5/c1-31-28-24(29(17-20-11-5-2-6-12-20)18-21-13-7-3-8-14-21)25(30)26-23(33-28)19-32-27(34-26)22-15-9-4-10-16-22/h2-16,23-28,30H,17-19H2,1H3/t23-,24+,25-,26-,27?,28+/m1/s1. The highest BCUT2D eigenvalue weighted by Gasteiger charge is 2.51. The second-order valence-corrected chi connectivity index (χ2v) is 8.81. The van der Waals surface area contributed by atoms with Crippen molar-refractivity contribution < 1.29 is 24.1 Å². The maximum Gasteiger partial charge on any atom is 0.184 e. The fourth-order valence-electron chi connectivity index (χ4n) is 4.84. The highest BCUT2D eigenvalue weighted by Crippen LogP contribution is 2.36. The topological polar surface area (TPSA) is 60.4 Å². The van der Waals surface area contributed by atoms with Gasteiger partial charge in [-0.2, -0.15) is 0 Å². The van der Waals surface area contributed by atoms with E-state index in [0.29, 0.717) is 19.7 Å². The monoisotopic (exact) mass is 461 g/mol. The first kappa shape index (κ1) is 23.2. The number of nitrogens with zero attached hydrogens (tertiary/aromatic N) is 1. The highest BCUT2D eigenvalue weighted by atomic mass is 16.7. The summed E-state index contributed by atoms with van der Waals surface area (Å²) in [5, 5.41) is 11.7. The van der Waals surface area contributed by atoms with E-state index in [2.05, 4.69) is 29.2 Å². The van der Waals surface area contributed by atoms with E-state index in [9.17, 15) is 5.11 Å². The van der Waals surface area contributed by atoms with Crippen LogP contribution < -0.4 is 0 Å². The summed E-state index contributed by atoms with van der Waals surface area (Å²) in [5.74, 6) is 0. The molecule has 34 heavy (non-hydrogen) atoms.